The Balaban J connectivity index is 1.77. The molecule has 0 spiro atoms. The van der Waals surface area contributed by atoms with Gasteiger partial charge in [-0.3, -0.25) is 14.4 Å². The minimum absolute atomic E-state index is 0.0511. The topological polar surface area (TPSA) is 84.6 Å². The van der Waals surface area contributed by atoms with Crippen LogP contribution in [0.1, 0.15) is 41.5 Å². The summed E-state index contributed by atoms with van der Waals surface area (Å²) in [4.78, 5) is 42.5. The fraction of sp³-hybridized carbons (Fsp3) is 0.227. The first-order valence-electron chi connectivity index (χ1n) is 9.22. The van der Waals surface area contributed by atoms with Crippen molar-refractivity contribution in [2.75, 3.05) is 5.01 Å². The van der Waals surface area contributed by atoms with Gasteiger partial charge in [0.25, 0.3) is 5.91 Å². The van der Waals surface area contributed by atoms with Gasteiger partial charge < -0.3 is 4.57 Å². The Morgan fingerprint density at radius 1 is 0.931 bits per heavy atom. The summed E-state index contributed by atoms with van der Waals surface area (Å²) in [6, 6.07) is 6.71. The average molecular weight is 388 g/mol. The van der Waals surface area contributed by atoms with Crippen LogP contribution in [-0.4, -0.2) is 32.7 Å². The lowest BCUT2D eigenvalue weighted by molar-refractivity contribution is -0.114. The van der Waals surface area contributed by atoms with Crippen LogP contribution in [0.25, 0.3) is 0 Å². The minimum atomic E-state index is -0.424. The van der Waals surface area contributed by atoms with E-state index in [1.807, 2.05) is 20.8 Å². The molecule has 0 unspecified atom stereocenters. The third-order valence-electron chi connectivity index (χ3n) is 4.90. The van der Waals surface area contributed by atoms with E-state index in [4.69, 9.17) is 0 Å². The van der Waals surface area contributed by atoms with Crippen molar-refractivity contribution in [3.8, 4) is 0 Å². The van der Waals surface area contributed by atoms with Crippen LogP contribution in [0.3, 0.4) is 0 Å². The van der Waals surface area contributed by atoms with E-state index in [-0.39, 0.29) is 23.0 Å². The lowest BCUT2D eigenvalue weighted by Gasteiger charge is -2.17. The number of hydrogen-bond donors (Lipinski definition) is 0. The van der Waals surface area contributed by atoms with E-state index in [2.05, 4.69) is 10.1 Å². The summed E-state index contributed by atoms with van der Waals surface area (Å²) in [5.41, 5.74) is 1.31. The summed E-state index contributed by atoms with van der Waals surface area (Å²) in [7, 11) is 1.78. The monoisotopic (exact) mass is 388 g/mol. The number of fused-ring (bicyclic) bond motifs is 1. The van der Waals surface area contributed by atoms with Crippen LogP contribution >= 0.6 is 0 Å². The summed E-state index contributed by atoms with van der Waals surface area (Å²) in [6.07, 6.45) is 6.27. The lowest BCUT2D eigenvalue weighted by atomic mass is 9.85. The second-order valence-electron chi connectivity index (χ2n) is 8.02. The number of benzene rings is 1. The molecule has 146 valence electrons. The third-order valence-corrected chi connectivity index (χ3v) is 4.90. The van der Waals surface area contributed by atoms with Gasteiger partial charge in [0.1, 0.15) is 0 Å². The molecule has 0 N–H and O–H groups in total. The number of imidazole rings is 1. The van der Waals surface area contributed by atoms with Crippen LogP contribution in [0.2, 0.25) is 0 Å². The molecule has 7 heteroatoms. The number of carbonyl (C=O) groups excluding carboxylic acids is 3. The molecule has 1 aromatic carbocycles. The number of aryl methyl sites for hydroxylation is 1. The van der Waals surface area contributed by atoms with Crippen LogP contribution in [0, 0.1) is 5.41 Å². The van der Waals surface area contributed by atoms with E-state index in [0.717, 1.165) is 0 Å². The molecular formula is C22H20N4O3. The highest BCUT2D eigenvalue weighted by atomic mass is 16.2. The van der Waals surface area contributed by atoms with E-state index >= 15 is 0 Å². The Kier molecular flexibility index (Phi) is 4.19. The normalized spacial score (nSPS) is 18.0. The van der Waals surface area contributed by atoms with Gasteiger partial charge in [0.2, 0.25) is 5.95 Å². The van der Waals surface area contributed by atoms with Crippen molar-refractivity contribution in [2.45, 2.75) is 20.8 Å². The van der Waals surface area contributed by atoms with E-state index in [1.165, 1.54) is 17.2 Å². The van der Waals surface area contributed by atoms with Gasteiger partial charge in [-0.1, -0.05) is 45.0 Å². The van der Waals surface area contributed by atoms with Gasteiger partial charge in [0.15, 0.2) is 11.6 Å². The molecule has 1 aromatic heterocycles. The molecule has 0 bridgehead atoms. The first kappa shape index (κ1) is 18.7. The standard InChI is InChI=1S/C22H20N4O3/c1-22(2,3)19-16(20(29)26(24-19)21-23-11-12-25(21)4)10-9-15-17(27)13-7-5-6-8-14(13)18(15)28/h5-12H,1-4H3/b16-10+. The van der Waals surface area contributed by atoms with E-state index < -0.39 is 5.41 Å². The Bertz CT molecular complexity index is 1120. The fourth-order valence-electron chi connectivity index (χ4n) is 3.41. The Hall–Kier alpha value is -3.61. The summed E-state index contributed by atoms with van der Waals surface area (Å²) in [5.74, 6) is -0.615. The maximum atomic E-state index is 13.1. The Labute approximate surface area is 168 Å². The molecule has 7 nitrogen and oxygen atoms in total. The molecule has 2 aromatic rings. The molecule has 0 saturated heterocycles. The number of ketones is 2. The first-order chi connectivity index (χ1) is 13.7. The summed E-state index contributed by atoms with van der Waals surface area (Å²) in [5, 5.41) is 5.75. The molecule has 4 rings (SSSR count). The molecule has 0 atom stereocenters. The number of Topliss-reactive ketones (excluding diaryl/α,β-unsaturated/α-hetero) is 2. The van der Waals surface area contributed by atoms with E-state index in [0.29, 0.717) is 28.4 Å². The minimum Gasteiger partial charge on any atom is -0.319 e. The molecule has 1 aliphatic carbocycles. The predicted octanol–water partition coefficient (Wildman–Crippen LogP) is 3.10. The third kappa shape index (κ3) is 2.95. The molecule has 0 fully saturated rings. The molecule has 2 aliphatic rings. The second-order valence-corrected chi connectivity index (χ2v) is 8.02. The zero-order valence-electron chi connectivity index (χ0n) is 16.6. The number of rotatable bonds is 2. The lowest BCUT2D eigenvalue weighted by Crippen LogP contribution is -2.25. The second kappa shape index (κ2) is 6.48. The number of carbonyl (C=O) groups is 3. The molecular weight excluding hydrogens is 368 g/mol. The zero-order valence-corrected chi connectivity index (χ0v) is 16.6. The van der Waals surface area contributed by atoms with Crippen LogP contribution in [0.15, 0.2) is 65.1 Å². The number of hydrazone groups is 1. The highest BCUT2D eigenvalue weighted by Gasteiger charge is 2.39. The van der Waals surface area contributed by atoms with Crippen molar-refractivity contribution in [1.82, 2.24) is 9.55 Å². The SMILES string of the molecule is Cn1ccnc1N1N=C(C(C)(C)C)/C(=C\C=C2C(=O)c3ccccc3C2=O)C1=O. The number of allylic oxidation sites excluding steroid dienone is 3. The van der Waals surface area contributed by atoms with Gasteiger partial charge in [-0.05, 0) is 12.2 Å². The highest BCUT2D eigenvalue weighted by Crippen LogP contribution is 2.32. The summed E-state index contributed by atoms with van der Waals surface area (Å²) < 4.78 is 1.70. The number of nitrogens with zero attached hydrogens (tertiary/aromatic N) is 4. The smallest absolute Gasteiger partial charge is 0.283 e. The Morgan fingerprint density at radius 2 is 1.52 bits per heavy atom. The van der Waals surface area contributed by atoms with Crippen molar-refractivity contribution in [2.24, 2.45) is 17.6 Å². The number of hydrogen-bond acceptors (Lipinski definition) is 5. The number of aromatic nitrogens is 2. The largest absolute Gasteiger partial charge is 0.319 e. The van der Waals surface area contributed by atoms with Crippen molar-refractivity contribution >= 4 is 29.1 Å². The quantitative estimate of drug-likeness (QED) is 0.584. The van der Waals surface area contributed by atoms with Crippen LogP contribution < -0.4 is 5.01 Å². The van der Waals surface area contributed by atoms with Crippen LogP contribution in [-0.2, 0) is 11.8 Å². The molecule has 2 heterocycles. The van der Waals surface area contributed by atoms with Gasteiger partial charge in [-0.15, -0.1) is 0 Å². The van der Waals surface area contributed by atoms with E-state index in [9.17, 15) is 14.4 Å². The molecule has 0 saturated carbocycles. The number of amides is 1. The van der Waals surface area contributed by atoms with Gasteiger partial charge in [-0.25, -0.2) is 4.98 Å². The first-order valence-corrected chi connectivity index (χ1v) is 9.22. The van der Waals surface area contributed by atoms with Gasteiger partial charge >= 0.3 is 0 Å². The highest BCUT2D eigenvalue weighted by molar-refractivity contribution is 6.39. The van der Waals surface area contributed by atoms with Crippen molar-refractivity contribution in [1.29, 1.82) is 0 Å². The molecule has 0 radical (unpaired) electrons. The molecule has 1 aliphatic heterocycles. The van der Waals surface area contributed by atoms with E-state index in [1.54, 1.807) is 48.3 Å². The maximum absolute atomic E-state index is 13.1. The van der Waals surface area contributed by atoms with Gasteiger partial charge in [-0.2, -0.15) is 10.1 Å². The zero-order chi connectivity index (χ0) is 20.9. The van der Waals surface area contributed by atoms with Crippen molar-refractivity contribution in [3.05, 3.63) is 71.1 Å². The van der Waals surface area contributed by atoms with Crippen LogP contribution in [0.5, 0.6) is 0 Å². The van der Waals surface area contributed by atoms with Gasteiger partial charge in [0, 0.05) is 36.0 Å². The fourth-order valence-corrected chi connectivity index (χ4v) is 3.41. The maximum Gasteiger partial charge on any atom is 0.283 e. The summed E-state index contributed by atoms with van der Waals surface area (Å²) in [6.45, 7) is 5.84. The van der Waals surface area contributed by atoms with Crippen molar-refractivity contribution < 1.29 is 14.4 Å². The predicted molar refractivity (Wildman–Crippen MR) is 109 cm³/mol. The number of anilines is 1. The molecule has 1 amide bonds. The summed E-state index contributed by atoms with van der Waals surface area (Å²) >= 11 is 0. The average Bonchev–Trinajstić information content (AvgIpc) is 3.30. The van der Waals surface area contributed by atoms with Gasteiger partial charge in [0.05, 0.1) is 16.9 Å². The molecule has 29 heavy (non-hydrogen) atoms. The van der Waals surface area contributed by atoms with Crippen LogP contribution in [0.4, 0.5) is 5.95 Å². The Morgan fingerprint density at radius 3 is 2.03 bits per heavy atom. The van der Waals surface area contributed by atoms with Crippen molar-refractivity contribution in [3.63, 3.8) is 0 Å².